The van der Waals surface area contributed by atoms with Gasteiger partial charge in [0.05, 0.1) is 18.7 Å². The fourth-order valence-corrected chi connectivity index (χ4v) is 3.23. The number of carbonyl (C=O) groups is 1. The lowest BCUT2D eigenvalue weighted by atomic mass is 9.97. The van der Waals surface area contributed by atoms with E-state index < -0.39 is 18.1 Å². The number of aryl methyl sites for hydroxylation is 1. The maximum absolute atomic E-state index is 12.6. The summed E-state index contributed by atoms with van der Waals surface area (Å²) in [5.74, 6) is -1.70. The van der Waals surface area contributed by atoms with Crippen LogP contribution in [0.15, 0.2) is 0 Å². The van der Waals surface area contributed by atoms with Gasteiger partial charge in [0.1, 0.15) is 4.88 Å². The normalized spacial score (nSPS) is 17.4. The van der Waals surface area contributed by atoms with Crippen LogP contribution >= 0.6 is 11.3 Å². The van der Waals surface area contributed by atoms with E-state index in [-0.39, 0.29) is 12.8 Å². The second-order valence-electron chi connectivity index (χ2n) is 4.71. The minimum absolute atomic E-state index is 0.0652. The number of methoxy groups -OCH3 is 1. The van der Waals surface area contributed by atoms with Gasteiger partial charge in [0.25, 0.3) is 0 Å². The van der Waals surface area contributed by atoms with Crippen LogP contribution in [0.5, 0.6) is 0 Å². The molecule has 1 aliphatic rings. The van der Waals surface area contributed by atoms with Crippen LogP contribution in [0.25, 0.3) is 0 Å². The maximum atomic E-state index is 12.6. The number of halogens is 3. The first kappa shape index (κ1) is 15.1. The molecule has 2 rings (SSSR count). The molecule has 1 saturated heterocycles. The fourth-order valence-electron chi connectivity index (χ4n) is 2.20. The summed E-state index contributed by atoms with van der Waals surface area (Å²) in [4.78, 5) is 17.9. The molecule has 2 heterocycles. The SMILES string of the molecule is COC(=O)c1sc(N2CCC(C(F)(F)F)CC2)nc1C. The van der Waals surface area contributed by atoms with Gasteiger partial charge in [-0.05, 0) is 19.8 Å². The number of esters is 1. The molecule has 4 nitrogen and oxygen atoms in total. The molecule has 1 aromatic rings. The number of ether oxygens (including phenoxy) is 1. The number of hydrogen-bond donors (Lipinski definition) is 0. The standard InChI is InChI=1S/C12H15F3N2O2S/c1-7-9(10(18)19-2)20-11(16-7)17-5-3-8(4-6-17)12(13,14)15/h8H,3-6H2,1-2H3. The zero-order valence-electron chi connectivity index (χ0n) is 11.2. The van der Waals surface area contributed by atoms with E-state index in [0.717, 1.165) is 0 Å². The topological polar surface area (TPSA) is 42.4 Å². The summed E-state index contributed by atoms with van der Waals surface area (Å²) in [6, 6.07) is 0. The summed E-state index contributed by atoms with van der Waals surface area (Å²) < 4.78 is 42.4. The Morgan fingerprint density at radius 3 is 2.50 bits per heavy atom. The minimum Gasteiger partial charge on any atom is -0.465 e. The van der Waals surface area contributed by atoms with Crippen LogP contribution in [0.4, 0.5) is 18.3 Å². The molecule has 0 radical (unpaired) electrons. The third kappa shape index (κ3) is 3.05. The largest absolute Gasteiger partial charge is 0.465 e. The third-order valence-electron chi connectivity index (χ3n) is 3.38. The first-order chi connectivity index (χ1) is 9.32. The lowest BCUT2D eigenvalue weighted by molar-refractivity contribution is -0.179. The number of piperidine rings is 1. The molecular weight excluding hydrogens is 293 g/mol. The van der Waals surface area contributed by atoms with E-state index in [4.69, 9.17) is 0 Å². The Labute approximate surface area is 118 Å². The van der Waals surface area contributed by atoms with E-state index >= 15 is 0 Å². The van der Waals surface area contributed by atoms with Crippen LogP contribution in [0.2, 0.25) is 0 Å². The summed E-state index contributed by atoms with van der Waals surface area (Å²) in [7, 11) is 1.29. The molecule has 0 bridgehead atoms. The van der Waals surface area contributed by atoms with Gasteiger partial charge in [-0.3, -0.25) is 0 Å². The van der Waals surface area contributed by atoms with Gasteiger partial charge in [0, 0.05) is 13.1 Å². The van der Waals surface area contributed by atoms with Gasteiger partial charge < -0.3 is 9.64 Å². The number of rotatable bonds is 2. The summed E-state index contributed by atoms with van der Waals surface area (Å²) in [6.45, 7) is 2.30. The summed E-state index contributed by atoms with van der Waals surface area (Å²) >= 11 is 1.17. The van der Waals surface area contributed by atoms with Crippen molar-refractivity contribution in [3.05, 3.63) is 10.6 Å². The van der Waals surface area contributed by atoms with Gasteiger partial charge in [-0.15, -0.1) is 0 Å². The fraction of sp³-hybridized carbons (Fsp3) is 0.667. The van der Waals surface area contributed by atoms with E-state index in [1.54, 1.807) is 11.8 Å². The van der Waals surface area contributed by atoms with Gasteiger partial charge in [-0.1, -0.05) is 11.3 Å². The Morgan fingerprint density at radius 1 is 1.40 bits per heavy atom. The Hall–Kier alpha value is -1.31. The quantitative estimate of drug-likeness (QED) is 0.788. The first-order valence-corrected chi connectivity index (χ1v) is 7.02. The van der Waals surface area contributed by atoms with Crippen molar-refractivity contribution < 1.29 is 22.7 Å². The highest BCUT2D eigenvalue weighted by atomic mass is 32.1. The molecule has 0 N–H and O–H groups in total. The van der Waals surface area contributed by atoms with Crippen molar-refractivity contribution in [3.63, 3.8) is 0 Å². The highest BCUT2D eigenvalue weighted by Gasteiger charge is 2.41. The van der Waals surface area contributed by atoms with E-state index in [1.807, 2.05) is 0 Å². The number of hydrogen-bond acceptors (Lipinski definition) is 5. The van der Waals surface area contributed by atoms with E-state index in [9.17, 15) is 18.0 Å². The Kier molecular flexibility index (Phi) is 4.22. The molecule has 0 unspecified atom stereocenters. The molecule has 0 atom stereocenters. The van der Waals surface area contributed by atoms with E-state index in [1.165, 1.54) is 18.4 Å². The molecule has 0 spiro atoms. The van der Waals surface area contributed by atoms with Crippen molar-refractivity contribution >= 4 is 22.4 Å². The maximum Gasteiger partial charge on any atom is 0.391 e. The Bertz CT molecular complexity index is 493. The number of carbonyl (C=O) groups excluding carboxylic acids is 1. The predicted octanol–water partition coefficient (Wildman–Crippen LogP) is 3.02. The third-order valence-corrected chi connectivity index (χ3v) is 4.58. The van der Waals surface area contributed by atoms with Crippen molar-refractivity contribution in [2.75, 3.05) is 25.1 Å². The Morgan fingerprint density at radius 2 is 2.00 bits per heavy atom. The molecule has 112 valence electrons. The van der Waals surface area contributed by atoms with Crippen LogP contribution in [-0.4, -0.2) is 37.3 Å². The van der Waals surface area contributed by atoms with Gasteiger partial charge in [0.2, 0.25) is 0 Å². The molecule has 1 aliphatic heterocycles. The second-order valence-corrected chi connectivity index (χ2v) is 5.68. The van der Waals surface area contributed by atoms with Gasteiger partial charge in [-0.25, -0.2) is 9.78 Å². The molecule has 0 aliphatic carbocycles. The van der Waals surface area contributed by atoms with Crippen molar-refractivity contribution in [1.29, 1.82) is 0 Å². The average molecular weight is 308 g/mol. The molecule has 20 heavy (non-hydrogen) atoms. The monoisotopic (exact) mass is 308 g/mol. The lowest BCUT2D eigenvalue weighted by Gasteiger charge is -2.32. The number of nitrogens with zero attached hydrogens (tertiary/aromatic N) is 2. The second kappa shape index (κ2) is 5.59. The molecular formula is C12H15F3N2O2S. The molecule has 1 fully saturated rings. The number of thiazole rings is 1. The Balaban J connectivity index is 2.06. The van der Waals surface area contributed by atoms with E-state index in [0.29, 0.717) is 28.8 Å². The molecule has 0 saturated carbocycles. The van der Waals surface area contributed by atoms with Crippen molar-refractivity contribution in [1.82, 2.24) is 4.98 Å². The summed E-state index contributed by atoms with van der Waals surface area (Å²) in [5, 5.41) is 0.587. The van der Waals surface area contributed by atoms with Gasteiger partial charge in [-0.2, -0.15) is 13.2 Å². The van der Waals surface area contributed by atoms with Crippen molar-refractivity contribution in [3.8, 4) is 0 Å². The predicted molar refractivity (Wildman–Crippen MR) is 69.2 cm³/mol. The zero-order chi connectivity index (χ0) is 14.9. The number of anilines is 1. The average Bonchev–Trinajstić information content (AvgIpc) is 2.79. The highest BCUT2D eigenvalue weighted by molar-refractivity contribution is 7.17. The lowest BCUT2D eigenvalue weighted by Crippen LogP contribution is -2.38. The number of alkyl halides is 3. The molecule has 8 heteroatoms. The van der Waals surface area contributed by atoms with E-state index in [2.05, 4.69) is 9.72 Å². The minimum atomic E-state index is -4.12. The zero-order valence-corrected chi connectivity index (χ0v) is 12.0. The van der Waals surface area contributed by atoms with Crippen LogP contribution in [0.3, 0.4) is 0 Å². The summed E-state index contributed by atoms with van der Waals surface area (Å²) in [5.41, 5.74) is 0.551. The highest BCUT2D eigenvalue weighted by Crippen LogP contribution is 2.36. The summed E-state index contributed by atoms with van der Waals surface area (Å²) in [6.07, 6.45) is -3.99. The molecule has 0 aromatic carbocycles. The first-order valence-electron chi connectivity index (χ1n) is 6.20. The smallest absolute Gasteiger partial charge is 0.391 e. The molecule has 0 amide bonds. The van der Waals surface area contributed by atoms with Crippen LogP contribution in [-0.2, 0) is 4.74 Å². The van der Waals surface area contributed by atoms with Crippen LogP contribution < -0.4 is 4.90 Å². The molecule has 1 aromatic heterocycles. The number of aromatic nitrogens is 1. The van der Waals surface area contributed by atoms with Crippen molar-refractivity contribution in [2.45, 2.75) is 25.9 Å². The van der Waals surface area contributed by atoms with Gasteiger partial charge in [0.15, 0.2) is 5.13 Å². The van der Waals surface area contributed by atoms with Crippen molar-refractivity contribution in [2.24, 2.45) is 5.92 Å². The van der Waals surface area contributed by atoms with Crippen LogP contribution in [0.1, 0.15) is 28.2 Å². The van der Waals surface area contributed by atoms with Gasteiger partial charge >= 0.3 is 12.1 Å². The van der Waals surface area contributed by atoms with Crippen LogP contribution in [0, 0.1) is 12.8 Å².